The van der Waals surface area contributed by atoms with Gasteiger partial charge in [0, 0.05) is 19.0 Å². The van der Waals surface area contributed by atoms with Crippen LogP contribution in [-0.2, 0) is 16.1 Å². The van der Waals surface area contributed by atoms with Crippen molar-refractivity contribution in [3.63, 3.8) is 0 Å². The minimum absolute atomic E-state index is 0.0327. The van der Waals surface area contributed by atoms with Crippen molar-refractivity contribution in [1.82, 2.24) is 15.1 Å². The average molecular weight is 333 g/mol. The highest BCUT2D eigenvalue weighted by Crippen LogP contribution is 2.21. The molecule has 6 heteroatoms. The van der Waals surface area contributed by atoms with Crippen LogP contribution in [0.4, 0.5) is 0 Å². The number of nitrogens with zero attached hydrogens (tertiary/aromatic N) is 2. The number of nitrogens with one attached hydrogen (secondary N) is 1. The molecular weight excluding hydrogens is 306 g/mol. The Labute approximate surface area is 143 Å². The average Bonchev–Trinajstić information content (AvgIpc) is 3.32. The van der Waals surface area contributed by atoms with E-state index in [1.165, 1.54) is 0 Å². The Bertz CT molecular complexity index is 544. The zero-order valence-electron chi connectivity index (χ0n) is 14.4. The van der Waals surface area contributed by atoms with Gasteiger partial charge in [0.05, 0.1) is 18.8 Å². The number of likely N-dealkylation sites (tertiary alicyclic amines) is 2. The summed E-state index contributed by atoms with van der Waals surface area (Å²) < 4.78 is 5.23. The van der Waals surface area contributed by atoms with E-state index >= 15 is 0 Å². The fourth-order valence-corrected chi connectivity index (χ4v) is 3.64. The molecule has 3 heterocycles. The Balaban J connectivity index is 1.43. The number of hydrogen-bond donors (Lipinski definition) is 1. The number of amides is 2. The maximum Gasteiger partial charge on any atom is 0.239 e. The van der Waals surface area contributed by atoms with Gasteiger partial charge in [-0.15, -0.1) is 0 Å². The predicted octanol–water partition coefficient (Wildman–Crippen LogP) is 1.62. The van der Waals surface area contributed by atoms with E-state index in [0.29, 0.717) is 6.54 Å². The Morgan fingerprint density at radius 3 is 2.58 bits per heavy atom. The molecule has 0 spiro atoms. The van der Waals surface area contributed by atoms with E-state index in [-0.39, 0.29) is 23.8 Å². The molecule has 1 unspecified atom stereocenters. The van der Waals surface area contributed by atoms with Crippen molar-refractivity contribution >= 4 is 11.8 Å². The van der Waals surface area contributed by atoms with Crippen LogP contribution in [0, 0.1) is 5.92 Å². The SMILES string of the molecule is CC(C(=O)N1CCCC1)N1CCC(C(=O)NCc2ccco2)CC1. The summed E-state index contributed by atoms with van der Waals surface area (Å²) in [6.45, 7) is 5.84. The van der Waals surface area contributed by atoms with E-state index in [2.05, 4.69) is 10.2 Å². The van der Waals surface area contributed by atoms with Crippen LogP contribution in [0.15, 0.2) is 22.8 Å². The van der Waals surface area contributed by atoms with Crippen molar-refractivity contribution < 1.29 is 14.0 Å². The minimum atomic E-state index is -0.0739. The summed E-state index contributed by atoms with van der Waals surface area (Å²) in [5.41, 5.74) is 0. The van der Waals surface area contributed by atoms with Crippen molar-refractivity contribution in [2.75, 3.05) is 26.2 Å². The van der Waals surface area contributed by atoms with Gasteiger partial charge in [0.15, 0.2) is 0 Å². The van der Waals surface area contributed by atoms with Gasteiger partial charge in [-0.1, -0.05) is 0 Å². The van der Waals surface area contributed by atoms with Gasteiger partial charge in [0.1, 0.15) is 5.76 Å². The van der Waals surface area contributed by atoms with Gasteiger partial charge < -0.3 is 14.6 Å². The lowest BCUT2D eigenvalue weighted by Crippen LogP contribution is -2.50. The molecule has 0 aliphatic carbocycles. The second-order valence-corrected chi connectivity index (χ2v) is 6.82. The molecule has 0 radical (unpaired) electrons. The molecule has 0 aromatic carbocycles. The van der Waals surface area contributed by atoms with Crippen molar-refractivity contribution in [3.8, 4) is 0 Å². The number of piperidine rings is 1. The molecule has 1 aromatic heterocycles. The van der Waals surface area contributed by atoms with E-state index in [4.69, 9.17) is 4.42 Å². The molecule has 24 heavy (non-hydrogen) atoms. The normalized spacial score (nSPS) is 21.0. The molecule has 1 N–H and O–H groups in total. The molecule has 2 amide bonds. The van der Waals surface area contributed by atoms with Crippen LogP contribution in [0.25, 0.3) is 0 Å². The number of carbonyl (C=O) groups is 2. The van der Waals surface area contributed by atoms with Gasteiger partial charge >= 0.3 is 0 Å². The van der Waals surface area contributed by atoms with Gasteiger partial charge in [0.25, 0.3) is 0 Å². The Hall–Kier alpha value is -1.82. The molecule has 6 nitrogen and oxygen atoms in total. The van der Waals surface area contributed by atoms with Crippen molar-refractivity contribution in [2.24, 2.45) is 5.92 Å². The van der Waals surface area contributed by atoms with Crippen LogP contribution in [0.5, 0.6) is 0 Å². The maximum atomic E-state index is 12.5. The standard InChI is InChI=1S/C18H27N3O3/c1-14(18(23)21-8-2-3-9-21)20-10-6-15(7-11-20)17(22)19-13-16-5-4-12-24-16/h4-5,12,14-15H,2-3,6-11,13H2,1H3,(H,19,22). The van der Waals surface area contributed by atoms with Crippen LogP contribution in [0.3, 0.4) is 0 Å². The predicted molar refractivity (Wildman–Crippen MR) is 90.1 cm³/mol. The molecule has 2 aliphatic heterocycles. The lowest BCUT2D eigenvalue weighted by molar-refractivity contribution is -0.136. The number of furan rings is 1. The lowest BCUT2D eigenvalue weighted by atomic mass is 9.95. The Morgan fingerprint density at radius 2 is 1.96 bits per heavy atom. The van der Waals surface area contributed by atoms with E-state index in [9.17, 15) is 9.59 Å². The fourth-order valence-electron chi connectivity index (χ4n) is 3.64. The van der Waals surface area contributed by atoms with Crippen LogP contribution >= 0.6 is 0 Å². The minimum Gasteiger partial charge on any atom is -0.467 e. The molecule has 1 aromatic rings. The third-order valence-corrected chi connectivity index (χ3v) is 5.24. The Kier molecular flexibility index (Phi) is 5.56. The number of carbonyl (C=O) groups excluding carboxylic acids is 2. The monoisotopic (exact) mass is 333 g/mol. The third kappa shape index (κ3) is 3.98. The molecule has 2 saturated heterocycles. The highest BCUT2D eigenvalue weighted by Gasteiger charge is 2.32. The summed E-state index contributed by atoms with van der Waals surface area (Å²) in [4.78, 5) is 29.0. The maximum absolute atomic E-state index is 12.5. The summed E-state index contributed by atoms with van der Waals surface area (Å²) in [7, 11) is 0. The van der Waals surface area contributed by atoms with E-state index in [1.54, 1.807) is 6.26 Å². The van der Waals surface area contributed by atoms with Crippen molar-refractivity contribution in [2.45, 2.75) is 45.2 Å². The first-order chi connectivity index (χ1) is 11.6. The highest BCUT2D eigenvalue weighted by molar-refractivity contribution is 5.82. The van der Waals surface area contributed by atoms with E-state index in [0.717, 1.165) is 57.6 Å². The van der Waals surface area contributed by atoms with Gasteiger partial charge in [-0.05, 0) is 57.8 Å². The summed E-state index contributed by atoms with van der Waals surface area (Å²) in [6, 6.07) is 3.60. The highest BCUT2D eigenvalue weighted by atomic mass is 16.3. The summed E-state index contributed by atoms with van der Waals surface area (Å²) in [5, 5.41) is 2.94. The molecular formula is C18H27N3O3. The van der Waals surface area contributed by atoms with Crippen LogP contribution in [0.1, 0.15) is 38.4 Å². The van der Waals surface area contributed by atoms with Crippen LogP contribution in [0.2, 0.25) is 0 Å². The number of hydrogen-bond acceptors (Lipinski definition) is 4. The van der Waals surface area contributed by atoms with Gasteiger partial charge in [0.2, 0.25) is 11.8 Å². The molecule has 132 valence electrons. The summed E-state index contributed by atoms with van der Waals surface area (Å²) in [6.07, 6.45) is 5.47. The van der Waals surface area contributed by atoms with Crippen molar-refractivity contribution in [3.05, 3.63) is 24.2 Å². The second kappa shape index (κ2) is 7.83. The quantitative estimate of drug-likeness (QED) is 0.889. The third-order valence-electron chi connectivity index (χ3n) is 5.24. The van der Waals surface area contributed by atoms with Gasteiger partial charge in [-0.3, -0.25) is 14.5 Å². The first-order valence-electron chi connectivity index (χ1n) is 8.98. The first kappa shape index (κ1) is 17.0. The summed E-state index contributed by atoms with van der Waals surface area (Å²) in [5.74, 6) is 1.13. The van der Waals surface area contributed by atoms with E-state index in [1.807, 2.05) is 24.0 Å². The second-order valence-electron chi connectivity index (χ2n) is 6.82. The van der Waals surface area contributed by atoms with Gasteiger partial charge in [-0.25, -0.2) is 0 Å². The van der Waals surface area contributed by atoms with Crippen molar-refractivity contribution in [1.29, 1.82) is 0 Å². The zero-order valence-corrected chi connectivity index (χ0v) is 14.4. The Morgan fingerprint density at radius 1 is 1.25 bits per heavy atom. The molecule has 3 rings (SSSR count). The summed E-state index contributed by atoms with van der Waals surface area (Å²) >= 11 is 0. The largest absolute Gasteiger partial charge is 0.467 e. The molecule has 0 bridgehead atoms. The first-order valence-corrected chi connectivity index (χ1v) is 8.98. The van der Waals surface area contributed by atoms with E-state index < -0.39 is 0 Å². The molecule has 1 atom stereocenters. The molecule has 0 saturated carbocycles. The lowest BCUT2D eigenvalue weighted by Gasteiger charge is -2.36. The van der Waals surface area contributed by atoms with Crippen LogP contribution in [-0.4, -0.2) is 53.8 Å². The number of rotatable bonds is 5. The fraction of sp³-hybridized carbons (Fsp3) is 0.667. The topological polar surface area (TPSA) is 65.8 Å². The smallest absolute Gasteiger partial charge is 0.239 e. The molecule has 2 aliphatic rings. The molecule has 2 fully saturated rings. The van der Waals surface area contributed by atoms with Gasteiger partial charge in [-0.2, -0.15) is 0 Å². The van der Waals surface area contributed by atoms with Crippen LogP contribution < -0.4 is 5.32 Å². The zero-order chi connectivity index (χ0) is 16.9.